The van der Waals surface area contributed by atoms with Gasteiger partial charge < -0.3 is 14.4 Å². The number of nitrogens with zero attached hydrogens (tertiary/aromatic N) is 1. The third kappa shape index (κ3) is 4.26. The number of ether oxygens (including phenoxy) is 2. The van der Waals surface area contributed by atoms with Crippen molar-refractivity contribution < 1.29 is 14.3 Å². The molecule has 21 heavy (non-hydrogen) atoms. The molecule has 1 saturated heterocycles. The van der Waals surface area contributed by atoms with Gasteiger partial charge >= 0.3 is 0 Å². The maximum atomic E-state index is 12.3. The number of nitrogens with one attached hydrogen (secondary N) is 1. The van der Waals surface area contributed by atoms with Gasteiger partial charge in [-0.2, -0.15) is 0 Å². The van der Waals surface area contributed by atoms with Crippen LogP contribution in [0.25, 0.3) is 0 Å². The summed E-state index contributed by atoms with van der Waals surface area (Å²) < 4.78 is 10.4. The van der Waals surface area contributed by atoms with Gasteiger partial charge in [-0.05, 0) is 32.4 Å². The summed E-state index contributed by atoms with van der Waals surface area (Å²) in [6, 6.07) is 4.08. The molecule has 0 aliphatic carbocycles. The number of methoxy groups -OCH3 is 1. The average molecular weight is 312 g/mol. The second-order valence-electron chi connectivity index (χ2n) is 5.23. The van der Waals surface area contributed by atoms with Crippen molar-refractivity contribution in [2.75, 3.05) is 33.5 Å². The van der Waals surface area contributed by atoms with Crippen LogP contribution in [0.4, 0.5) is 0 Å². The van der Waals surface area contributed by atoms with Crippen LogP contribution in [0.5, 0.6) is 0 Å². The third-order valence-corrected chi connectivity index (χ3v) is 4.58. The molecule has 2 rings (SSSR count). The number of amides is 1. The van der Waals surface area contributed by atoms with E-state index in [9.17, 15) is 4.79 Å². The molecule has 0 aromatic carbocycles. The Balaban J connectivity index is 1.87. The summed E-state index contributed by atoms with van der Waals surface area (Å²) in [5, 5.41) is 3.37. The van der Waals surface area contributed by atoms with E-state index in [1.807, 2.05) is 11.8 Å². The fraction of sp³-hybridized carbons (Fsp3) is 0.667. The van der Waals surface area contributed by atoms with Gasteiger partial charge in [0.05, 0.1) is 19.3 Å². The summed E-state index contributed by atoms with van der Waals surface area (Å²) in [4.78, 5) is 16.7. The Morgan fingerprint density at radius 1 is 1.33 bits per heavy atom. The van der Waals surface area contributed by atoms with E-state index in [1.165, 1.54) is 9.75 Å². The van der Waals surface area contributed by atoms with Crippen LogP contribution in [0.3, 0.4) is 0 Å². The second kappa shape index (κ2) is 7.89. The van der Waals surface area contributed by atoms with Crippen molar-refractivity contribution >= 4 is 17.2 Å². The van der Waals surface area contributed by atoms with Gasteiger partial charge in [-0.15, -0.1) is 11.3 Å². The molecule has 6 heteroatoms. The van der Waals surface area contributed by atoms with Crippen molar-refractivity contribution in [1.82, 2.24) is 10.2 Å². The largest absolute Gasteiger partial charge is 0.382 e. The molecule has 5 nitrogen and oxygen atoms in total. The van der Waals surface area contributed by atoms with E-state index < -0.39 is 0 Å². The lowest BCUT2D eigenvalue weighted by atomic mass is 10.3. The molecule has 2 unspecified atom stereocenters. The quantitative estimate of drug-likeness (QED) is 0.745. The Morgan fingerprint density at radius 2 is 2.14 bits per heavy atom. The van der Waals surface area contributed by atoms with E-state index in [4.69, 9.17) is 9.47 Å². The molecule has 118 valence electrons. The maximum Gasteiger partial charge on any atom is 0.241 e. The normalized spacial score (nSPS) is 22.2. The highest BCUT2D eigenvalue weighted by atomic mass is 32.1. The van der Waals surface area contributed by atoms with Crippen LogP contribution in [0.1, 0.15) is 29.3 Å². The number of aryl methyl sites for hydroxylation is 1. The molecule has 1 aliphatic rings. The molecule has 0 spiro atoms. The molecule has 2 heterocycles. The number of carbonyl (C=O) groups excluding carboxylic acids is 1. The van der Waals surface area contributed by atoms with Crippen LogP contribution in [-0.4, -0.2) is 50.3 Å². The minimum Gasteiger partial charge on any atom is -0.382 e. The topological polar surface area (TPSA) is 50.8 Å². The summed E-state index contributed by atoms with van der Waals surface area (Å²) in [5.74, 6) is 0.169. The van der Waals surface area contributed by atoms with Gasteiger partial charge in [-0.1, -0.05) is 0 Å². The maximum absolute atomic E-state index is 12.3. The van der Waals surface area contributed by atoms with Gasteiger partial charge in [0.25, 0.3) is 0 Å². The Kier molecular flexibility index (Phi) is 6.17. The van der Waals surface area contributed by atoms with Crippen LogP contribution in [0, 0.1) is 6.92 Å². The summed E-state index contributed by atoms with van der Waals surface area (Å²) in [5.41, 5.74) is 0. The number of hydrogen-bond acceptors (Lipinski definition) is 5. The molecular formula is C15H24N2O3S. The molecule has 1 aromatic heterocycles. The molecule has 1 amide bonds. The SMILES string of the molecule is COCCOCCCN1C(=O)C(C)NC1c1ccc(C)s1. The highest BCUT2D eigenvalue weighted by molar-refractivity contribution is 7.12. The predicted octanol–water partition coefficient (Wildman–Crippen LogP) is 1.93. The van der Waals surface area contributed by atoms with E-state index in [2.05, 4.69) is 24.4 Å². The van der Waals surface area contributed by atoms with Gasteiger partial charge in [0, 0.05) is 30.0 Å². The van der Waals surface area contributed by atoms with Gasteiger partial charge in [-0.25, -0.2) is 0 Å². The fourth-order valence-electron chi connectivity index (χ4n) is 2.43. The summed E-state index contributed by atoms with van der Waals surface area (Å²) >= 11 is 1.74. The summed E-state index contributed by atoms with van der Waals surface area (Å²) in [7, 11) is 1.66. The number of carbonyl (C=O) groups is 1. The lowest BCUT2D eigenvalue weighted by molar-refractivity contribution is -0.130. The zero-order chi connectivity index (χ0) is 15.2. The lowest BCUT2D eigenvalue weighted by Gasteiger charge is -2.23. The standard InChI is InChI=1S/C15H24N2O3S/c1-11-5-6-13(21-11)14-16-12(2)15(18)17(14)7-4-8-20-10-9-19-3/h5-6,12,14,16H,4,7-10H2,1-3H3. The average Bonchev–Trinajstić information content (AvgIpc) is 3.00. The minimum absolute atomic E-state index is 0.00479. The van der Waals surface area contributed by atoms with Crippen molar-refractivity contribution in [3.8, 4) is 0 Å². The van der Waals surface area contributed by atoms with Crippen molar-refractivity contribution in [3.05, 3.63) is 21.9 Å². The number of rotatable bonds is 8. The van der Waals surface area contributed by atoms with Crippen molar-refractivity contribution in [2.24, 2.45) is 0 Å². The van der Waals surface area contributed by atoms with Crippen LogP contribution in [-0.2, 0) is 14.3 Å². The van der Waals surface area contributed by atoms with Crippen LogP contribution < -0.4 is 5.32 Å². The smallest absolute Gasteiger partial charge is 0.241 e. The second-order valence-corrected chi connectivity index (χ2v) is 6.55. The van der Waals surface area contributed by atoms with E-state index >= 15 is 0 Å². The van der Waals surface area contributed by atoms with Gasteiger partial charge in [0.2, 0.25) is 5.91 Å². The van der Waals surface area contributed by atoms with Gasteiger partial charge in [-0.3, -0.25) is 10.1 Å². The molecule has 1 aliphatic heterocycles. The Bertz CT molecular complexity index is 464. The number of thiophene rings is 1. The molecule has 0 bridgehead atoms. The molecule has 1 aromatic rings. The zero-order valence-corrected chi connectivity index (χ0v) is 13.7. The first-order valence-electron chi connectivity index (χ1n) is 7.33. The van der Waals surface area contributed by atoms with Gasteiger partial charge in [0.1, 0.15) is 6.17 Å². The first kappa shape index (κ1) is 16.4. The van der Waals surface area contributed by atoms with E-state index in [0.717, 1.165) is 6.42 Å². The molecule has 1 fully saturated rings. The molecule has 0 saturated carbocycles. The highest BCUT2D eigenvalue weighted by Gasteiger charge is 2.37. The Morgan fingerprint density at radius 3 is 2.81 bits per heavy atom. The fourth-order valence-corrected chi connectivity index (χ4v) is 3.38. The number of hydrogen-bond donors (Lipinski definition) is 1. The third-order valence-electron chi connectivity index (χ3n) is 3.52. The van der Waals surface area contributed by atoms with Crippen LogP contribution in [0.15, 0.2) is 12.1 Å². The first-order chi connectivity index (χ1) is 10.1. The zero-order valence-electron chi connectivity index (χ0n) is 12.9. The predicted molar refractivity (Wildman–Crippen MR) is 83.4 cm³/mol. The van der Waals surface area contributed by atoms with E-state index in [-0.39, 0.29) is 18.1 Å². The molecule has 1 N–H and O–H groups in total. The summed E-state index contributed by atoms with van der Waals surface area (Å²) in [6.07, 6.45) is 0.843. The Hall–Kier alpha value is -0.950. The van der Waals surface area contributed by atoms with Crippen LogP contribution >= 0.6 is 11.3 Å². The van der Waals surface area contributed by atoms with Crippen molar-refractivity contribution in [2.45, 2.75) is 32.5 Å². The summed E-state index contributed by atoms with van der Waals surface area (Å²) in [6.45, 7) is 6.58. The Labute approximate surface area is 130 Å². The van der Waals surface area contributed by atoms with Gasteiger partial charge in [0.15, 0.2) is 0 Å². The molecule has 2 atom stereocenters. The molecule has 0 radical (unpaired) electrons. The van der Waals surface area contributed by atoms with Crippen molar-refractivity contribution in [1.29, 1.82) is 0 Å². The van der Waals surface area contributed by atoms with E-state index in [0.29, 0.717) is 26.4 Å². The first-order valence-corrected chi connectivity index (χ1v) is 8.14. The molecular weight excluding hydrogens is 288 g/mol. The monoisotopic (exact) mass is 312 g/mol. The van der Waals surface area contributed by atoms with Crippen LogP contribution in [0.2, 0.25) is 0 Å². The van der Waals surface area contributed by atoms with Crippen molar-refractivity contribution in [3.63, 3.8) is 0 Å². The lowest BCUT2D eigenvalue weighted by Crippen LogP contribution is -2.31. The highest BCUT2D eigenvalue weighted by Crippen LogP contribution is 2.30. The minimum atomic E-state index is -0.119. The van der Waals surface area contributed by atoms with E-state index in [1.54, 1.807) is 18.4 Å².